The van der Waals surface area contributed by atoms with Gasteiger partial charge in [0.05, 0.1) is 13.2 Å². The maximum Gasteiger partial charge on any atom is 0.123 e. The molecule has 2 unspecified atom stereocenters. The number of morpholine rings is 1. The average molecular weight is 293 g/mol. The van der Waals surface area contributed by atoms with Crippen molar-refractivity contribution in [2.45, 2.75) is 25.4 Å². The third-order valence-electron chi connectivity index (χ3n) is 4.55. The van der Waals surface area contributed by atoms with Crippen molar-refractivity contribution in [3.8, 4) is 0 Å². The average Bonchev–Trinajstić information content (AvgIpc) is 2.97. The van der Waals surface area contributed by atoms with Crippen molar-refractivity contribution < 1.29 is 9.13 Å². The van der Waals surface area contributed by atoms with Crippen LogP contribution in [-0.2, 0) is 4.74 Å². The molecule has 5 heteroatoms. The van der Waals surface area contributed by atoms with Crippen molar-refractivity contribution in [1.82, 2.24) is 4.90 Å². The zero-order chi connectivity index (χ0) is 14.8. The summed E-state index contributed by atoms with van der Waals surface area (Å²) in [4.78, 5) is 4.86. The fourth-order valence-corrected chi connectivity index (χ4v) is 3.38. The van der Waals surface area contributed by atoms with Crippen LogP contribution in [0.15, 0.2) is 18.2 Å². The van der Waals surface area contributed by atoms with Gasteiger partial charge in [-0.05, 0) is 37.1 Å². The molecule has 2 aliphatic heterocycles. The molecule has 2 fully saturated rings. The molecule has 21 heavy (non-hydrogen) atoms. The molecule has 2 saturated heterocycles. The van der Waals surface area contributed by atoms with E-state index in [1.165, 1.54) is 6.07 Å². The van der Waals surface area contributed by atoms with E-state index in [4.69, 9.17) is 10.5 Å². The van der Waals surface area contributed by atoms with Crippen molar-refractivity contribution in [1.29, 1.82) is 0 Å². The van der Waals surface area contributed by atoms with Gasteiger partial charge in [0.1, 0.15) is 5.82 Å². The van der Waals surface area contributed by atoms with Gasteiger partial charge in [0.25, 0.3) is 0 Å². The summed E-state index contributed by atoms with van der Waals surface area (Å²) in [6.45, 7) is 7.60. The van der Waals surface area contributed by atoms with Crippen LogP contribution in [0.1, 0.15) is 24.9 Å². The molecule has 3 rings (SSSR count). The summed E-state index contributed by atoms with van der Waals surface area (Å²) in [6.07, 6.45) is 1.15. The predicted octanol–water partition coefficient (Wildman–Crippen LogP) is 1.76. The number of anilines is 1. The number of hydrogen-bond acceptors (Lipinski definition) is 4. The summed E-state index contributed by atoms with van der Waals surface area (Å²) in [5.74, 6) is -0.213. The second kappa shape index (κ2) is 6.30. The third kappa shape index (κ3) is 3.20. The minimum atomic E-state index is -0.213. The van der Waals surface area contributed by atoms with Crippen LogP contribution in [0.2, 0.25) is 0 Å². The highest BCUT2D eigenvalue weighted by molar-refractivity contribution is 5.56. The van der Waals surface area contributed by atoms with Gasteiger partial charge < -0.3 is 15.4 Å². The molecular weight excluding hydrogens is 269 g/mol. The standard InChI is InChI=1S/C16H24FN3O/c1-12(18)15-10-13(17)2-3-16(15)20-5-4-14(11-20)19-6-8-21-9-7-19/h2-3,10,12,14H,4-9,11,18H2,1H3. The first-order valence-corrected chi connectivity index (χ1v) is 7.77. The van der Waals surface area contributed by atoms with Crippen molar-refractivity contribution in [3.05, 3.63) is 29.6 Å². The quantitative estimate of drug-likeness (QED) is 0.922. The lowest BCUT2D eigenvalue weighted by molar-refractivity contribution is 0.0209. The lowest BCUT2D eigenvalue weighted by Crippen LogP contribution is -2.44. The second-order valence-electron chi connectivity index (χ2n) is 6.03. The molecule has 0 saturated carbocycles. The van der Waals surface area contributed by atoms with E-state index in [0.29, 0.717) is 6.04 Å². The summed E-state index contributed by atoms with van der Waals surface area (Å²) < 4.78 is 18.9. The fourth-order valence-electron chi connectivity index (χ4n) is 3.38. The van der Waals surface area contributed by atoms with Crippen molar-refractivity contribution in [2.24, 2.45) is 5.73 Å². The number of nitrogens with two attached hydrogens (primary N) is 1. The lowest BCUT2D eigenvalue weighted by atomic mass is 10.1. The molecule has 0 radical (unpaired) electrons. The summed E-state index contributed by atoms with van der Waals surface area (Å²) in [7, 11) is 0. The summed E-state index contributed by atoms with van der Waals surface area (Å²) in [5, 5.41) is 0. The Bertz CT molecular complexity index is 488. The molecular formula is C16H24FN3O. The van der Waals surface area contributed by atoms with E-state index in [2.05, 4.69) is 9.80 Å². The SMILES string of the molecule is CC(N)c1cc(F)ccc1N1CCC(N2CCOCC2)C1. The minimum absolute atomic E-state index is 0.155. The Labute approximate surface area is 125 Å². The van der Waals surface area contributed by atoms with Crippen molar-refractivity contribution in [3.63, 3.8) is 0 Å². The molecule has 0 aromatic heterocycles. The molecule has 0 aliphatic carbocycles. The van der Waals surface area contributed by atoms with Gasteiger partial charge in [0.2, 0.25) is 0 Å². The Kier molecular flexibility index (Phi) is 4.42. The highest BCUT2D eigenvalue weighted by Gasteiger charge is 2.30. The third-order valence-corrected chi connectivity index (χ3v) is 4.55. The van der Waals surface area contributed by atoms with Crippen molar-refractivity contribution >= 4 is 5.69 Å². The van der Waals surface area contributed by atoms with Crippen LogP contribution in [0, 0.1) is 5.82 Å². The van der Waals surface area contributed by atoms with E-state index in [1.54, 1.807) is 6.07 Å². The zero-order valence-corrected chi connectivity index (χ0v) is 12.6. The Hall–Kier alpha value is -1.17. The van der Waals surface area contributed by atoms with Crippen LogP contribution in [0.3, 0.4) is 0 Å². The van der Waals surface area contributed by atoms with Gasteiger partial charge in [0, 0.05) is 44.0 Å². The topological polar surface area (TPSA) is 41.7 Å². The first-order valence-electron chi connectivity index (χ1n) is 7.77. The minimum Gasteiger partial charge on any atom is -0.379 e. The van der Waals surface area contributed by atoms with E-state index < -0.39 is 0 Å². The van der Waals surface area contributed by atoms with E-state index in [9.17, 15) is 4.39 Å². The van der Waals surface area contributed by atoms with Crippen LogP contribution in [0.4, 0.5) is 10.1 Å². The molecule has 2 heterocycles. The Balaban J connectivity index is 1.73. The first-order chi connectivity index (χ1) is 10.1. The smallest absolute Gasteiger partial charge is 0.123 e. The molecule has 2 N–H and O–H groups in total. The molecule has 1 aromatic rings. The van der Waals surface area contributed by atoms with Gasteiger partial charge in [-0.25, -0.2) is 4.39 Å². The van der Waals surface area contributed by atoms with Crippen LogP contribution in [0.5, 0.6) is 0 Å². The Morgan fingerprint density at radius 3 is 2.76 bits per heavy atom. The van der Waals surface area contributed by atoms with Gasteiger partial charge in [-0.15, -0.1) is 0 Å². The van der Waals surface area contributed by atoms with Gasteiger partial charge >= 0.3 is 0 Å². The number of nitrogens with zero attached hydrogens (tertiary/aromatic N) is 2. The molecule has 4 nitrogen and oxygen atoms in total. The number of ether oxygens (including phenoxy) is 1. The van der Waals surface area contributed by atoms with Crippen LogP contribution < -0.4 is 10.6 Å². The normalized spacial score (nSPS) is 25.3. The van der Waals surface area contributed by atoms with Gasteiger partial charge in [0.15, 0.2) is 0 Å². The van der Waals surface area contributed by atoms with Gasteiger partial charge in [-0.3, -0.25) is 4.90 Å². The molecule has 116 valence electrons. The van der Waals surface area contributed by atoms with E-state index in [1.807, 2.05) is 13.0 Å². The number of benzene rings is 1. The molecule has 2 aliphatic rings. The number of hydrogen-bond donors (Lipinski definition) is 1. The van der Waals surface area contributed by atoms with Gasteiger partial charge in [-0.1, -0.05) is 0 Å². The highest BCUT2D eigenvalue weighted by atomic mass is 19.1. The predicted molar refractivity (Wildman–Crippen MR) is 82.0 cm³/mol. The summed E-state index contributed by atoms with van der Waals surface area (Å²) in [6, 6.07) is 5.39. The Morgan fingerprint density at radius 1 is 1.29 bits per heavy atom. The maximum absolute atomic E-state index is 13.5. The van der Waals surface area contributed by atoms with E-state index in [0.717, 1.165) is 57.1 Å². The largest absolute Gasteiger partial charge is 0.379 e. The van der Waals surface area contributed by atoms with Crippen LogP contribution in [-0.4, -0.2) is 50.3 Å². The highest BCUT2D eigenvalue weighted by Crippen LogP contribution is 2.30. The number of rotatable bonds is 3. The number of halogens is 1. The Morgan fingerprint density at radius 2 is 2.05 bits per heavy atom. The summed E-state index contributed by atoms with van der Waals surface area (Å²) in [5.41, 5.74) is 7.99. The summed E-state index contributed by atoms with van der Waals surface area (Å²) >= 11 is 0. The lowest BCUT2D eigenvalue weighted by Gasteiger charge is -2.32. The molecule has 0 amide bonds. The van der Waals surface area contributed by atoms with Gasteiger partial charge in [-0.2, -0.15) is 0 Å². The van der Waals surface area contributed by atoms with Crippen LogP contribution in [0.25, 0.3) is 0 Å². The molecule has 0 bridgehead atoms. The van der Waals surface area contributed by atoms with E-state index >= 15 is 0 Å². The first kappa shape index (κ1) is 14.8. The fraction of sp³-hybridized carbons (Fsp3) is 0.625. The van der Waals surface area contributed by atoms with Crippen LogP contribution >= 0.6 is 0 Å². The molecule has 1 aromatic carbocycles. The second-order valence-corrected chi connectivity index (χ2v) is 6.03. The maximum atomic E-state index is 13.5. The van der Waals surface area contributed by atoms with E-state index in [-0.39, 0.29) is 11.9 Å². The van der Waals surface area contributed by atoms with Crippen molar-refractivity contribution in [2.75, 3.05) is 44.3 Å². The molecule has 0 spiro atoms. The zero-order valence-electron chi connectivity index (χ0n) is 12.6. The monoisotopic (exact) mass is 293 g/mol. The molecule has 2 atom stereocenters.